The Kier molecular flexibility index (Phi) is 4.92. The van der Waals surface area contributed by atoms with Crippen LogP contribution in [0.3, 0.4) is 0 Å². The Balaban J connectivity index is 1.46. The van der Waals surface area contributed by atoms with E-state index in [1.54, 1.807) is 13.0 Å². The van der Waals surface area contributed by atoms with Crippen molar-refractivity contribution >= 4 is 5.91 Å². The lowest BCUT2D eigenvalue weighted by molar-refractivity contribution is 0.0679. The van der Waals surface area contributed by atoms with Crippen molar-refractivity contribution in [3.05, 3.63) is 47.3 Å². The monoisotopic (exact) mass is 316 g/mol. The molecule has 0 bridgehead atoms. The molecule has 1 aliphatic rings. The van der Waals surface area contributed by atoms with Crippen LogP contribution >= 0.6 is 0 Å². The van der Waals surface area contributed by atoms with E-state index in [2.05, 4.69) is 10.5 Å². The largest absolute Gasteiger partial charge is 0.491 e. The van der Waals surface area contributed by atoms with Gasteiger partial charge in [-0.25, -0.2) is 0 Å². The molecule has 0 saturated carbocycles. The summed E-state index contributed by atoms with van der Waals surface area (Å²) >= 11 is 0. The number of nitrogens with zero attached hydrogens (tertiary/aromatic N) is 1. The number of carbonyl (C=O) groups is 1. The van der Waals surface area contributed by atoms with Crippen LogP contribution in [0.15, 0.2) is 34.9 Å². The van der Waals surface area contributed by atoms with Gasteiger partial charge in [0.05, 0.1) is 11.8 Å². The van der Waals surface area contributed by atoms with Crippen LogP contribution in [0.4, 0.5) is 0 Å². The number of benzene rings is 1. The molecule has 1 atom stereocenters. The van der Waals surface area contributed by atoms with Crippen LogP contribution in [0.25, 0.3) is 0 Å². The standard InChI is InChI=1S/C17H20N2O4/c1-12-9-16(23-19-12)17(20)18-10-13-4-6-14(7-5-13)22-11-15-3-2-8-21-15/h4-7,9,15H,2-3,8,10-11H2,1H3,(H,18,20)/t15-/m0/s1. The van der Waals surface area contributed by atoms with Gasteiger partial charge in [0.25, 0.3) is 5.91 Å². The number of carbonyl (C=O) groups excluding carboxylic acids is 1. The van der Waals surface area contributed by atoms with E-state index in [1.807, 2.05) is 24.3 Å². The highest BCUT2D eigenvalue weighted by Gasteiger charge is 2.16. The van der Waals surface area contributed by atoms with Gasteiger partial charge in [0.2, 0.25) is 5.76 Å². The summed E-state index contributed by atoms with van der Waals surface area (Å²) in [5, 5.41) is 6.49. The molecule has 0 radical (unpaired) electrons. The van der Waals surface area contributed by atoms with Gasteiger partial charge in [-0.15, -0.1) is 0 Å². The molecule has 1 saturated heterocycles. The SMILES string of the molecule is Cc1cc(C(=O)NCc2ccc(OC[C@@H]3CCCO3)cc2)on1. The van der Waals surface area contributed by atoms with Crippen LogP contribution in [0.5, 0.6) is 5.75 Å². The fourth-order valence-corrected chi connectivity index (χ4v) is 2.41. The number of rotatable bonds is 6. The Bertz CT molecular complexity index is 645. The van der Waals surface area contributed by atoms with E-state index in [0.29, 0.717) is 18.8 Å². The maximum atomic E-state index is 11.9. The maximum Gasteiger partial charge on any atom is 0.290 e. The number of hydrogen-bond acceptors (Lipinski definition) is 5. The molecule has 1 aliphatic heterocycles. The van der Waals surface area contributed by atoms with Gasteiger partial charge in [0.1, 0.15) is 12.4 Å². The highest BCUT2D eigenvalue weighted by molar-refractivity contribution is 5.91. The predicted octanol–water partition coefficient (Wildman–Crippen LogP) is 2.47. The molecular weight excluding hydrogens is 296 g/mol. The Morgan fingerprint density at radius 2 is 2.22 bits per heavy atom. The first kappa shape index (κ1) is 15.6. The molecule has 6 heteroatoms. The number of ether oxygens (including phenoxy) is 2. The van der Waals surface area contributed by atoms with Crippen LogP contribution in [-0.4, -0.2) is 30.4 Å². The number of aromatic nitrogens is 1. The summed E-state index contributed by atoms with van der Waals surface area (Å²) in [5.41, 5.74) is 1.67. The van der Waals surface area contributed by atoms with E-state index in [0.717, 1.165) is 30.8 Å². The molecule has 0 spiro atoms. The molecule has 1 N–H and O–H groups in total. The molecule has 1 amide bonds. The molecule has 2 heterocycles. The first-order chi connectivity index (χ1) is 11.2. The second-order valence-corrected chi connectivity index (χ2v) is 5.61. The molecular formula is C17H20N2O4. The molecule has 1 fully saturated rings. The van der Waals surface area contributed by atoms with Gasteiger partial charge >= 0.3 is 0 Å². The highest BCUT2D eigenvalue weighted by atomic mass is 16.5. The third kappa shape index (κ3) is 4.32. The Morgan fingerprint density at radius 3 is 2.87 bits per heavy atom. The zero-order valence-electron chi connectivity index (χ0n) is 13.1. The van der Waals surface area contributed by atoms with Crippen LogP contribution in [0.1, 0.15) is 34.7 Å². The van der Waals surface area contributed by atoms with E-state index in [-0.39, 0.29) is 17.8 Å². The Labute approximate surface area is 134 Å². The molecule has 1 aromatic carbocycles. The summed E-state index contributed by atoms with van der Waals surface area (Å²) in [7, 11) is 0. The number of hydrogen-bond donors (Lipinski definition) is 1. The van der Waals surface area contributed by atoms with Crippen molar-refractivity contribution in [1.82, 2.24) is 10.5 Å². The fourth-order valence-electron chi connectivity index (χ4n) is 2.41. The summed E-state index contributed by atoms with van der Waals surface area (Å²) in [4.78, 5) is 11.9. The highest BCUT2D eigenvalue weighted by Crippen LogP contribution is 2.16. The van der Waals surface area contributed by atoms with Crippen LogP contribution < -0.4 is 10.1 Å². The first-order valence-corrected chi connectivity index (χ1v) is 7.75. The average Bonchev–Trinajstić information content (AvgIpc) is 3.23. The van der Waals surface area contributed by atoms with Crippen molar-refractivity contribution in [3.8, 4) is 5.75 Å². The van der Waals surface area contributed by atoms with Crippen molar-refractivity contribution in [2.45, 2.75) is 32.4 Å². The zero-order valence-corrected chi connectivity index (χ0v) is 13.1. The third-order valence-corrected chi connectivity index (χ3v) is 3.69. The van der Waals surface area contributed by atoms with E-state index in [9.17, 15) is 4.79 Å². The van der Waals surface area contributed by atoms with Gasteiger partial charge in [-0.1, -0.05) is 17.3 Å². The summed E-state index contributed by atoms with van der Waals surface area (Å²) in [6.07, 6.45) is 2.38. The van der Waals surface area contributed by atoms with Crippen LogP contribution in [0, 0.1) is 6.92 Å². The fraction of sp³-hybridized carbons (Fsp3) is 0.412. The van der Waals surface area contributed by atoms with Crippen molar-refractivity contribution < 1.29 is 18.8 Å². The average molecular weight is 316 g/mol. The lowest BCUT2D eigenvalue weighted by Gasteiger charge is -2.11. The summed E-state index contributed by atoms with van der Waals surface area (Å²) in [5.74, 6) is 0.754. The van der Waals surface area contributed by atoms with E-state index in [1.165, 1.54) is 0 Å². The van der Waals surface area contributed by atoms with E-state index < -0.39 is 0 Å². The van der Waals surface area contributed by atoms with Crippen molar-refractivity contribution in [2.24, 2.45) is 0 Å². The number of amides is 1. The molecule has 3 rings (SSSR count). The number of aryl methyl sites for hydroxylation is 1. The van der Waals surface area contributed by atoms with Gasteiger partial charge in [0, 0.05) is 19.2 Å². The summed E-state index contributed by atoms with van der Waals surface area (Å²) < 4.78 is 16.1. The van der Waals surface area contributed by atoms with Crippen LogP contribution in [-0.2, 0) is 11.3 Å². The second-order valence-electron chi connectivity index (χ2n) is 5.61. The zero-order chi connectivity index (χ0) is 16.1. The Hall–Kier alpha value is -2.34. The van der Waals surface area contributed by atoms with Crippen molar-refractivity contribution in [2.75, 3.05) is 13.2 Å². The molecule has 2 aromatic rings. The topological polar surface area (TPSA) is 73.6 Å². The Morgan fingerprint density at radius 1 is 1.39 bits per heavy atom. The lowest BCUT2D eigenvalue weighted by Crippen LogP contribution is -2.22. The summed E-state index contributed by atoms with van der Waals surface area (Å²) in [6.45, 7) is 3.61. The predicted molar refractivity (Wildman–Crippen MR) is 83.3 cm³/mol. The molecule has 0 unspecified atom stereocenters. The van der Waals surface area contributed by atoms with Crippen molar-refractivity contribution in [3.63, 3.8) is 0 Å². The minimum absolute atomic E-state index is 0.208. The van der Waals surface area contributed by atoms with Gasteiger partial charge in [-0.05, 0) is 37.5 Å². The maximum absolute atomic E-state index is 11.9. The lowest BCUT2D eigenvalue weighted by atomic mass is 10.2. The molecule has 23 heavy (non-hydrogen) atoms. The molecule has 122 valence electrons. The normalized spacial score (nSPS) is 17.2. The van der Waals surface area contributed by atoms with Gasteiger partial charge in [-0.2, -0.15) is 0 Å². The molecule has 0 aliphatic carbocycles. The first-order valence-electron chi connectivity index (χ1n) is 7.75. The van der Waals surface area contributed by atoms with E-state index >= 15 is 0 Å². The molecule has 1 aromatic heterocycles. The van der Waals surface area contributed by atoms with E-state index in [4.69, 9.17) is 14.0 Å². The molecule has 6 nitrogen and oxygen atoms in total. The second kappa shape index (κ2) is 7.28. The van der Waals surface area contributed by atoms with Gasteiger partial charge in [-0.3, -0.25) is 4.79 Å². The minimum atomic E-state index is -0.274. The number of nitrogens with one attached hydrogen (secondary N) is 1. The quantitative estimate of drug-likeness (QED) is 0.886. The minimum Gasteiger partial charge on any atom is -0.491 e. The third-order valence-electron chi connectivity index (χ3n) is 3.69. The van der Waals surface area contributed by atoms with Gasteiger partial charge < -0.3 is 19.3 Å². The van der Waals surface area contributed by atoms with Gasteiger partial charge in [0.15, 0.2) is 0 Å². The van der Waals surface area contributed by atoms with Crippen molar-refractivity contribution in [1.29, 1.82) is 0 Å². The summed E-state index contributed by atoms with van der Waals surface area (Å²) in [6, 6.07) is 9.26. The smallest absolute Gasteiger partial charge is 0.290 e. The van der Waals surface area contributed by atoms with Crippen LogP contribution in [0.2, 0.25) is 0 Å².